The van der Waals surface area contributed by atoms with E-state index >= 15 is 0 Å². The molecule has 0 fully saturated rings. The maximum atomic E-state index is 11.0. The Balaban J connectivity index is 2.04. The van der Waals surface area contributed by atoms with E-state index in [2.05, 4.69) is 15.3 Å². The molecule has 2 aromatic rings. The van der Waals surface area contributed by atoms with Gasteiger partial charge in [-0.15, -0.1) is 22.9 Å². The van der Waals surface area contributed by atoms with E-state index in [1.165, 1.54) is 11.3 Å². The first-order chi connectivity index (χ1) is 8.29. The maximum absolute atomic E-state index is 11.0. The molecule has 4 nitrogen and oxygen atoms in total. The molecule has 0 bridgehead atoms. The molecule has 0 saturated carbocycles. The number of thiazole rings is 1. The van der Waals surface area contributed by atoms with Crippen molar-refractivity contribution in [2.24, 2.45) is 0 Å². The number of rotatable bonds is 4. The zero-order chi connectivity index (χ0) is 12.1. The van der Waals surface area contributed by atoms with Gasteiger partial charge >= 0.3 is 0 Å². The molecule has 0 aliphatic rings. The fourth-order valence-corrected chi connectivity index (χ4v) is 2.17. The monoisotopic (exact) mass is 267 g/mol. The number of nitrogens with one attached hydrogen (secondary N) is 1. The minimum Gasteiger partial charge on any atom is -0.349 e. The summed E-state index contributed by atoms with van der Waals surface area (Å²) >= 11 is 6.92. The average Bonchev–Trinajstić information content (AvgIpc) is 2.86. The fraction of sp³-hybridized carbons (Fsp3) is 0.182. The third kappa shape index (κ3) is 3.25. The van der Waals surface area contributed by atoms with Crippen molar-refractivity contribution in [2.75, 3.05) is 5.88 Å². The Labute approximate surface area is 108 Å². The number of hydrogen-bond donors (Lipinski definition) is 1. The number of amides is 1. The molecule has 0 aromatic carbocycles. The number of carbonyl (C=O) groups is 1. The van der Waals surface area contributed by atoms with E-state index < -0.39 is 0 Å². The molecular formula is C11H10ClN3OS. The highest BCUT2D eigenvalue weighted by Gasteiger charge is 2.05. The Morgan fingerprint density at radius 3 is 2.88 bits per heavy atom. The summed E-state index contributed by atoms with van der Waals surface area (Å²) in [5.41, 5.74) is 1.86. The molecule has 88 valence electrons. The van der Waals surface area contributed by atoms with Crippen molar-refractivity contribution in [3.8, 4) is 10.6 Å². The predicted octanol–water partition coefficient (Wildman–Crippen LogP) is 2.06. The van der Waals surface area contributed by atoms with E-state index in [9.17, 15) is 4.79 Å². The molecule has 6 heteroatoms. The lowest BCUT2D eigenvalue weighted by Crippen LogP contribution is -2.23. The highest BCUT2D eigenvalue weighted by Crippen LogP contribution is 2.22. The van der Waals surface area contributed by atoms with Crippen LogP contribution < -0.4 is 5.32 Å². The lowest BCUT2D eigenvalue weighted by Gasteiger charge is -1.98. The van der Waals surface area contributed by atoms with E-state index in [1.54, 1.807) is 12.4 Å². The largest absolute Gasteiger partial charge is 0.349 e. The number of hydrogen-bond acceptors (Lipinski definition) is 4. The molecule has 0 spiro atoms. The van der Waals surface area contributed by atoms with Crippen LogP contribution in [0.2, 0.25) is 0 Å². The molecule has 2 heterocycles. The zero-order valence-corrected chi connectivity index (χ0v) is 10.5. The van der Waals surface area contributed by atoms with Gasteiger partial charge in [-0.1, -0.05) is 0 Å². The van der Waals surface area contributed by atoms with Crippen LogP contribution in [0.15, 0.2) is 29.9 Å². The van der Waals surface area contributed by atoms with E-state index in [0.29, 0.717) is 6.54 Å². The van der Waals surface area contributed by atoms with Gasteiger partial charge in [0.15, 0.2) is 0 Å². The maximum Gasteiger partial charge on any atom is 0.235 e. The van der Waals surface area contributed by atoms with Gasteiger partial charge in [-0.3, -0.25) is 9.78 Å². The second-order valence-corrected chi connectivity index (χ2v) is 4.42. The van der Waals surface area contributed by atoms with Gasteiger partial charge in [-0.25, -0.2) is 4.98 Å². The van der Waals surface area contributed by atoms with Crippen molar-refractivity contribution < 1.29 is 4.79 Å². The molecule has 2 rings (SSSR count). The van der Waals surface area contributed by atoms with Crippen LogP contribution in [0, 0.1) is 0 Å². The van der Waals surface area contributed by atoms with E-state index in [-0.39, 0.29) is 11.8 Å². The van der Waals surface area contributed by atoms with Gasteiger partial charge in [0.1, 0.15) is 10.9 Å². The number of alkyl halides is 1. The summed E-state index contributed by atoms with van der Waals surface area (Å²) in [6, 6.07) is 3.81. The van der Waals surface area contributed by atoms with Crippen LogP contribution in [0.1, 0.15) is 5.69 Å². The van der Waals surface area contributed by atoms with Crippen molar-refractivity contribution in [2.45, 2.75) is 6.54 Å². The van der Waals surface area contributed by atoms with Gasteiger partial charge in [0.05, 0.1) is 12.2 Å². The summed E-state index contributed by atoms with van der Waals surface area (Å²) < 4.78 is 0. The molecule has 0 aliphatic heterocycles. The smallest absolute Gasteiger partial charge is 0.235 e. The lowest BCUT2D eigenvalue weighted by atomic mass is 10.3. The first kappa shape index (κ1) is 12.0. The summed E-state index contributed by atoms with van der Waals surface area (Å²) in [5, 5.41) is 5.51. The first-order valence-electron chi connectivity index (χ1n) is 4.97. The van der Waals surface area contributed by atoms with Crippen molar-refractivity contribution in [3.05, 3.63) is 35.6 Å². The van der Waals surface area contributed by atoms with Crippen LogP contribution in [-0.2, 0) is 11.3 Å². The minimum atomic E-state index is -0.190. The molecule has 1 amide bonds. The summed E-state index contributed by atoms with van der Waals surface area (Å²) in [5.74, 6) is -0.216. The van der Waals surface area contributed by atoms with Crippen LogP contribution in [0.5, 0.6) is 0 Å². The Morgan fingerprint density at radius 2 is 2.18 bits per heavy atom. The molecule has 0 saturated heterocycles. The van der Waals surface area contributed by atoms with Crippen molar-refractivity contribution in [1.29, 1.82) is 0 Å². The molecule has 17 heavy (non-hydrogen) atoms. The number of nitrogens with zero attached hydrogens (tertiary/aromatic N) is 2. The molecule has 0 aliphatic carbocycles. The number of carbonyl (C=O) groups excluding carboxylic acids is 1. The highest BCUT2D eigenvalue weighted by atomic mass is 35.5. The van der Waals surface area contributed by atoms with Crippen molar-refractivity contribution >= 4 is 28.8 Å². The Morgan fingerprint density at radius 1 is 1.41 bits per heavy atom. The van der Waals surface area contributed by atoms with Gasteiger partial charge in [-0.05, 0) is 12.1 Å². The van der Waals surface area contributed by atoms with Gasteiger partial charge in [-0.2, -0.15) is 0 Å². The summed E-state index contributed by atoms with van der Waals surface area (Å²) in [7, 11) is 0. The Hall–Kier alpha value is -1.46. The Bertz CT molecular complexity index is 500. The average molecular weight is 268 g/mol. The molecular weight excluding hydrogens is 258 g/mol. The summed E-state index contributed by atoms with van der Waals surface area (Å²) in [6.45, 7) is 0.410. The zero-order valence-electron chi connectivity index (χ0n) is 8.89. The fourth-order valence-electron chi connectivity index (χ4n) is 1.25. The topological polar surface area (TPSA) is 54.9 Å². The first-order valence-corrected chi connectivity index (χ1v) is 6.38. The van der Waals surface area contributed by atoms with Crippen LogP contribution in [-0.4, -0.2) is 21.8 Å². The van der Waals surface area contributed by atoms with Crippen LogP contribution >= 0.6 is 22.9 Å². The number of halogens is 1. The third-order valence-corrected chi connectivity index (χ3v) is 3.25. The van der Waals surface area contributed by atoms with Gasteiger partial charge < -0.3 is 5.32 Å². The molecule has 0 radical (unpaired) electrons. The van der Waals surface area contributed by atoms with Gasteiger partial charge in [0.25, 0.3) is 0 Å². The second kappa shape index (κ2) is 5.75. The van der Waals surface area contributed by atoms with Crippen LogP contribution in [0.3, 0.4) is 0 Å². The summed E-state index contributed by atoms with van der Waals surface area (Å²) in [6.07, 6.45) is 3.46. The number of aromatic nitrogens is 2. The summed E-state index contributed by atoms with van der Waals surface area (Å²) in [4.78, 5) is 19.4. The highest BCUT2D eigenvalue weighted by molar-refractivity contribution is 7.13. The molecule has 1 N–H and O–H groups in total. The van der Waals surface area contributed by atoms with Crippen LogP contribution in [0.25, 0.3) is 10.6 Å². The van der Waals surface area contributed by atoms with Crippen molar-refractivity contribution in [1.82, 2.24) is 15.3 Å². The SMILES string of the molecule is O=C(CCl)NCc1csc(-c2ccncc2)n1. The predicted molar refractivity (Wildman–Crippen MR) is 67.9 cm³/mol. The van der Waals surface area contributed by atoms with Gasteiger partial charge in [0.2, 0.25) is 5.91 Å². The minimum absolute atomic E-state index is 0.0264. The van der Waals surface area contributed by atoms with E-state index in [1.807, 2.05) is 17.5 Å². The Kier molecular flexibility index (Phi) is 4.06. The van der Waals surface area contributed by atoms with Crippen LogP contribution in [0.4, 0.5) is 0 Å². The second-order valence-electron chi connectivity index (χ2n) is 3.29. The molecule has 0 unspecified atom stereocenters. The lowest BCUT2D eigenvalue weighted by molar-refractivity contribution is -0.118. The third-order valence-electron chi connectivity index (χ3n) is 2.07. The molecule has 2 aromatic heterocycles. The standard InChI is InChI=1S/C11H10ClN3OS/c12-5-10(16)14-6-9-7-17-11(15-9)8-1-3-13-4-2-8/h1-4,7H,5-6H2,(H,14,16). The number of pyridine rings is 1. The van der Waals surface area contributed by atoms with Gasteiger partial charge in [0, 0.05) is 23.3 Å². The van der Waals surface area contributed by atoms with Crippen molar-refractivity contribution in [3.63, 3.8) is 0 Å². The molecule has 0 atom stereocenters. The quantitative estimate of drug-likeness (QED) is 0.863. The van der Waals surface area contributed by atoms with E-state index in [4.69, 9.17) is 11.6 Å². The normalized spacial score (nSPS) is 10.2. The van der Waals surface area contributed by atoms with E-state index in [0.717, 1.165) is 16.3 Å².